The summed E-state index contributed by atoms with van der Waals surface area (Å²) in [6, 6.07) is 7.38. The standard InChI is InChI=1S/C19H28ClN5O2/c1-14(2)13-26-11-5-9-22-19(21-3)23-10-8-17-24-18(25-27-17)15-6-4-7-16(20)12-15/h4,6-7,12,14H,5,8-11,13H2,1-3H3,(H2,21,22,23). The molecule has 0 saturated heterocycles. The van der Waals surface area contributed by atoms with E-state index >= 15 is 0 Å². The van der Waals surface area contributed by atoms with Crippen molar-refractivity contribution >= 4 is 17.6 Å². The third-order valence-corrected chi connectivity index (χ3v) is 3.85. The van der Waals surface area contributed by atoms with Crippen LogP contribution in [0.4, 0.5) is 0 Å². The van der Waals surface area contributed by atoms with E-state index in [2.05, 4.69) is 39.6 Å². The van der Waals surface area contributed by atoms with Crippen molar-refractivity contribution in [1.82, 2.24) is 20.8 Å². The van der Waals surface area contributed by atoms with Gasteiger partial charge in [-0.05, 0) is 24.5 Å². The molecule has 0 radical (unpaired) electrons. The number of aromatic nitrogens is 2. The van der Waals surface area contributed by atoms with Crippen LogP contribution in [0.25, 0.3) is 11.4 Å². The molecule has 8 heteroatoms. The van der Waals surface area contributed by atoms with Gasteiger partial charge >= 0.3 is 0 Å². The number of ether oxygens (including phenoxy) is 1. The minimum Gasteiger partial charge on any atom is -0.381 e. The second-order valence-electron chi connectivity index (χ2n) is 6.52. The highest BCUT2D eigenvalue weighted by molar-refractivity contribution is 6.30. The maximum atomic E-state index is 6.00. The molecule has 0 aliphatic heterocycles. The van der Waals surface area contributed by atoms with E-state index in [1.165, 1.54) is 0 Å². The monoisotopic (exact) mass is 393 g/mol. The molecule has 0 atom stereocenters. The molecule has 0 unspecified atom stereocenters. The molecule has 0 saturated carbocycles. The van der Waals surface area contributed by atoms with Crippen molar-refractivity contribution in [2.45, 2.75) is 26.7 Å². The highest BCUT2D eigenvalue weighted by atomic mass is 35.5. The van der Waals surface area contributed by atoms with Crippen LogP contribution in [-0.2, 0) is 11.2 Å². The fourth-order valence-corrected chi connectivity index (χ4v) is 2.50. The number of nitrogens with zero attached hydrogens (tertiary/aromatic N) is 3. The Labute approximate surface area is 165 Å². The highest BCUT2D eigenvalue weighted by Gasteiger charge is 2.09. The minimum atomic E-state index is 0.538. The lowest BCUT2D eigenvalue weighted by molar-refractivity contribution is 0.108. The smallest absolute Gasteiger partial charge is 0.228 e. The molecule has 27 heavy (non-hydrogen) atoms. The first-order valence-electron chi connectivity index (χ1n) is 9.19. The van der Waals surface area contributed by atoms with Gasteiger partial charge in [-0.3, -0.25) is 4.99 Å². The van der Waals surface area contributed by atoms with Gasteiger partial charge in [-0.25, -0.2) is 0 Å². The Morgan fingerprint density at radius 2 is 2.11 bits per heavy atom. The van der Waals surface area contributed by atoms with Crippen molar-refractivity contribution < 1.29 is 9.26 Å². The Bertz CT molecular complexity index is 718. The zero-order chi connectivity index (χ0) is 19.5. The maximum absolute atomic E-state index is 6.00. The average molecular weight is 394 g/mol. The molecule has 1 aromatic carbocycles. The quantitative estimate of drug-likeness (QED) is 0.366. The number of hydrogen-bond acceptors (Lipinski definition) is 5. The topological polar surface area (TPSA) is 84.6 Å². The number of rotatable bonds is 10. The summed E-state index contributed by atoms with van der Waals surface area (Å²) < 4.78 is 10.9. The number of halogens is 1. The van der Waals surface area contributed by atoms with Crippen LogP contribution in [0.1, 0.15) is 26.2 Å². The lowest BCUT2D eigenvalue weighted by Gasteiger charge is -2.11. The summed E-state index contributed by atoms with van der Waals surface area (Å²) in [6.45, 7) is 7.28. The normalized spacial score (nSPS) is 11.8. The third-order valence-electron chi connectivity index (χ3n) is 3.61. The van der Waals surface area contributed by atoms with E-state index in [9.17, 15) is 0 Å². The van der Waals surface area contributed by atoms with Crippen molar-refractivity contribution in [2.75, 3.05) is 33.4 Å². The second kappa shape index (κ2) is 11.6. The molecule has 0 bridgehead atoms. The molecule has 1 heterocycles. The van der Waals surface area contributed by atoms with E-state index in [1.54, 1.807) is 7.05 Å². The highest BCUT2D eigenvalue weighted by Crippen LogP contribution is 2.19. The van der Waals surface area contributed by atoms with E-state index in [0.717, 1.165) is 37.7 Å². The summed E-state index contributed by atoms with van der Waals surface area (Å²) in [5, 5.41) is 11.1. The van der Waals surface area contributed by atoms with Gasteiger partial charge in [0.2, 0.25) is 11.7 Å². The largest absolute Gasteiger partial charge is 0.381 e. The Morgan fingerprint density at radius 3 is 2.85 bits per heavy atom. The predicted octanol–water partition coefficient (Wildman–Crippen LogP) is 3.16. The SMILES string of the molecule is CN=C(NCCCOCC(C)C)NCCc1nc(-c2cccc(Cl)c2)no1. The van der Waals surface area contributed by atoms with Gasteiger partial charge in [-0.1, -0.05) is 42.7 Å². The Morgan fingerprint density at radius 1 is 1.30 bits per heavy atom. The van der Waals surface area contributed by atoms with Gasteiger partial charge in [0.1, 0.15) is 0 Å². The van der Waals surface area contributed by atoms with Crippen molar-refractivity contribution in [3.05, 3.63) is 35.2 Å². The van der Waals surface area contributed by atoms with E-state index < -0.39 is 0 Å². The first-order chi connectivity index (χ1) is 13.1. The molecular weight excluding hydrogens is 366 g/mol. The summed E-state index contributed by atoms with van der Waals surface area (Å²) in [5.74, 6) is 2.41. The van der Waals surface area contributed by atoms with E-state index in [0.29, 0.717) is 35.6 Å². The summed E-state index contributed by atoms with van der Waals surface area (Å²) in [5.41, 5.74) is 0.836. The first-order valence-corrected chi connectivity index (χ1v) is 9.57. The molecule has 0 fully saturated rings. The average Bonchev–Trinajstić information content (AvgIpc) is 3.11. The predicted molar refractivity (Wildman–Crippen MR) is 108 cm³/mol. The zero-order valence-corrected chi connectivity index (χ0v) is 16.9. The molecule has 2 N–H and O–H groups in total. The van der Waals surface area contributed by atoms with Gasteiger partial charge in [-0.15, -0.1) is 0 Å². The van der Waals surface area contributed by atoms with E-state index in [-0.39, 0.29) is 0 Å². The Balaban J connectivity index is 1.67. The van der Waals surface area contributed by atoms with E-state index in [4.69, 9.17) is 20.9 Å². The van der Waals surface area contributed by atoms with Crippen LogP contribution in [0.5, 0.6) is 0 Å². The molecule has 148 valence electrons. The van der Waals surface area contributed by atoms with Gasteiger partial charge in [-0.2, -0.15) is 4.98 Å². The first kappa shape index (κ1) is 21.2. The molecule has 1 aromatic heterocycles. The summed E-state index contributed by atoms with van der Waals surface area (Å²) >= 11 is 6.00. The summed E-state index contributed by atoms with van der Waals surface area (Å²) in [6.07, 6.45) is 1.53. The van der Waals surface area contributed by atoms with Crippen LogP contribution >= 0.6 is 11.6 Å². The van der Waals surface area contributed by atoms with Crippen LogP contribution in [0.15, 0.2) is 33.8 Å². The van der Waals surface area contributed by atoms with Crippen molar-refractivity contribution in [3.63, 3.8) is 0 Å². The molecule has 0 spiro atoms. The van der Waals surface area contributed by atoms with Crippen LogP contribution < -0.4 is 10.6 Å². The van der Waals surface area contributed by atoms with Gasteiger partial charge in [0.05, 0.1) is 0 Å². The molecule has 0 aliphatic carbocycles. The van der Waals surface area contributed by atoms with E-state index in [1.807, 2.05) is 24.3 Å². The second-order valence-corrected chi connectivity index (χ2v) is 6.96. The van der Waals surface area contributed by atoms with Crippen molar-refractivity contribution in [2.24, 2.45) is 10.9 Å². The molecule has 2 rings (SSSR count). The number of nitrogens with one attached hydrogen (secondary N) is 2. The number of benzene rings is 1. The maximum Gasteiger partial charge on any atom is 0.228 e. The van der Waals surface area contributed by atoms with Gasteiger partial charge in [0.25, 0.3) is 0 Å². The lowest BCUT2D eigenvalue weighted by Crippen LogP contribution is -2.39. The van der Waals surface area contributed by atoms with Crippen molar-refractivity contribution in [1.29, 1.82) is 0 Å². The van der Waals surface area contributed by atoms with Crippen molar-refractivity contribution in [3.8, 4) is 11.4 Å². The number of hydrogen-bond donors (Lipinski definition) is 2. The minimum absolute atomic E-state index is 0.538. The fourth-order valence-electron chi connectivity index (χ4n) is 2.31. The molecule has 0 amide bonds. The lowest BCUT2D eigenvalue weighted by atomic mass is 10.2. The van der Waals surface area contributed by atoms with Gasteiger partial charge in [0.15, 0.2) is 5.96 Å². The molecule has 0 aliphatic rings. The summed E-state index contributed by atoms with van der Waals surface area (Å²) in [4.78, 5) is 8.60. The van der Waals surface area contributed by atoms with Crippen LogP contribution in [0.2, 0.25) is 5.02 Å². The van der Waals surface area contributed by atoms with Gasteiger partial charge < -0.3 is 19.9 Å². The van der Waals surface area contributed by atoms with Crippen LogP contribution in [-0.4, -0.2) is 49.5 Å². The molecule has 2 aromatic rings. The fraction of sp³-hybridized carbons (Fsp3) is 0.526. The number of aliphatic imine (C=N–C) groups is 1. The Kier molecular flexibility index (Phi) is 9.07. The molecule has 7 nitrogen and oxygen atoms in total. The number of guanidine groups is 1. The Hall–Kier alpha value is -2.12. The summed E-state index contributed by atoms with van der Waals surface area (Å²) in [7, 11) is 1.74. The third kappa shape index (κ3) is 7.97. The zero-order valence-electron chi connectivity index (χ0n) is 16.2. The van der Waals surface area contributed by atoms with Crippen LogP contribution in [0.3, 0.4) is 0 Å². The van der Waals surface area contributed by atoms with Gasteiger partial charge in [0, 0.05) is 50.4 Å². The van der Waals surface area contributed by atoms with Crippen LogP contribution in [0, 0.1) is 5.92 Å². The molecular formula is C19H28ClN5O2.